The number of rotatable bonds is 3. The van der Waals surface area contributed by atoms with Crippen molar-refractivity contribution in [2.45, 2.75) is 27.2 Å². The zero-order chi connectivity index (χ0) is 18.3. The van der Waals surface area contributed by atoms with E-state index in [-0.39, 0.29) is 11.3 Å². The summed E-state index contributed by atoms with van der Waals surface area (Å²) in [4.78, 5) is 8.38. The molecule has 0 saturated heterocycles. The van der Waals surface area contributed by atoms with Gasteiger partial charge in [0.05, 0.1) is 23.7 Å². The number of hydrogen-bond donors (Lipinski definition) is 0. The second-order valence-corrected chi connectivity index (χ2v) is 5.72. The molecule has 3 rings (SSSR count). The summed E-state index contributed by atoms with van der Waals surface area (Å²) in [5.41, 5.74) is 1.82. The molecule has 0 aliphatic rings. The number of ether oxygens (including phenoxy) is 1. The topological polar surface area (TPSA) is 63.7 Å². The Morgan fingerprint density at radius 3 is 2.56 bits per heavy atom. The molecule has 0 saturated carbocycles. The average molecular weight is 342 g/mol. The number of alkyl halides is 2. The molecule has 1 aromatic carbocycles. The van der Waals surface area contributed by atoms with Gasteiger partial charge in [-0.1, -0.05) is 6.07 Å². The van der Waals surface area contributed by atoms with Crippen molar-refractivity contribution >= 4 is 11.0 Å². The molecule has 0 atom stereocenters. The highest BCUT2D eigenvalue weighted by molar-refractivity contribution is 5.87. The average Bonchev–Trinajstić information content (AvgIpc) is 2.89. The zero-order valence-electron chi connectivity index (χ0n) is 14.3. The fraction of sp³-hybridized carbons (Fsp3) is 0.278. The van der Waals surface area contributed by atoms with Crippen LogP contribution in [0.4, 0.5) is 8.78 Å². The van der Waals surface area contributed by atoms with Gasteiger partial charge in [-0.15, -0.1) is 0 Å². The van der Waals surface area contributed by atoms with Crippen LogP contribution in [-0.2, 0) is 0 Å². The molecule has 25 heavy (non-hydrogen) atoms. The van der Waals surface area contributed by atoms with Crippen LogP contribution in [0, 0.1) is 32.1 Å². The first-order chi connectivity index (χ1) is 11.9. The smallest absolute Gasteiger partial charge is 0.280 e. The number of methoxy groups -OCH3 is 1. The van der Waals surface area contributed by atoms with Crippen LogP contribution >= 0.6 is 0 Å². The number of nitrogens with zero attached hydrogens (tertiary/aromatic N) is 4. The van der Waals surface area contributed by atoms with E-state index in [1.165, 1.54) is 17.9 Å². The number of hydrogen-bond acceptors (Lipinski definition) is 4. The summed E-state index contributed by atoms with van der Waals surface area (Å²) in [6, 6.07) is 5.46. The minimum atomic E-state index is -2.84. The van der Waals surface area contributed by atoms with Gasteiger partial charge in [-0.3, -0.25) is 4.57 Å². The summed E-state index contributed by atoms with van der Waals surface area (Å²) < 4.78 is 34.5. The maximum atomic E-state index is 13.9. The van der Waals surface area contributed by atoms with E-state index in [1.807, 2.05) is 13.0 Å². The van der Waals surface area contributed by atoms with E-state index in [0.29, 0.717) is 33.9 Å². The highest BCUT2D eigenvalue weighted by Crippen LogP contribution is 2.37. The van der Waals surface area contributed by atoms with Gasteiger partial charge in [-0.05, 0) is 32.4 Å². The van der Waals surface area contributed by atoms with Crippen LogP contribution in [0.15, 0.2) is 18.3 Å². The zero-order valence-corrected chi connectivity index (χ0v) is 14.3. The highest BCUT2D eigenvalue weighted by atomic mass is 19.3. The molecule has 5 nitrogen and oxygen atoms in total. The Kier molecular flexibility index (Phi) is 4.13. The van der Waals surface area contributed by atoms with Crippen molar-refractivity contribution in [2.24, 2.45) is 0 Å². The van der Waals surface area contributed by atoms with Crippen LogP contribution in [0.5, 0.6) is 5.75 Å². The summed E-state index contributed by atoms with van der Waals surface area (Å²) in [6.45, 7) is 5.29. The first-order valence-corrected chi connectivity index (χ1v) is 7.61. The molecule has 3 aromatic rings. The van der Waals surface area contributed by atoms with Crippen molar-refractivity contribution in [3.8, 4) is 17.5 Å². The van der Waals surface area contributed by atoms with Gasteiger partial charge in [0.1, 0.15) is 29.0 Å². The Hall–Kier alpha value is -3.01. The third kappa shape index (κ3) is 2.50. The molecule has 0 aliphatic heterocycles. The van der Waals surface area contributed by atoms with Crippen molar-refractivity contribution in [1.82, 2.24) is 14.5 Å². The number of aromatic nitrogens is 3. The van der Waals surface area contributed by atoms with Crippen molar-refractivity contribution in [2.75, 3.05) is 7.11 Å². The second kappa shape index (κ2) is 6.13. The van der Waals surface area contributed by atoms with E-state index in [1.54, 1.807) is 26.0 Å². The Labute approximate surface area is 143 Å². The Morgan fingerprint density at radius 1 is 1.24 bits per heavy atom. The summed E-state index contributed by atoms with van der Waals surface area (Å²) in [5.74, 6) is 1.02. The first-order valence-electron chi connectivity index (χ1n) is 7.61. The number of benzene rings is 1. The van der Waals surface area contributed by atoms with Gasteiger partial charge >= 0.3 is 0 Å². The standard InChI is InChI=1S/C18H16F2N4O/c1-9-5-6-14(25-4)10(2)15(9)24-16(17(19)20)12(7-21)13-8-22-11(3)23-18(13)24/h5-6,8,17H,1-4H3. The van der Waals surface area contributed by atoms with Gasteiger partial charge in [0.25, 0.3) is 6.43 Å². The van der Waals surface area contributed by atoms with Gasteiger partial charge in [0.15, 0.2) is 0 Å². The predicted molar refractivity (Wildman–Crippen MR) is 89.3 cm³/mol. The Bertz CT molecular complexity index is 1020. The number of halogens is 2. The number of fused-ring (bicyclic) bond motifs is 1. The predicted octanol–water partition coefficient (Wildman–Crippen LogP) is 4.16. The van der Waals surface area contributed by atoms with Crippen LogP contribution < -0.4 is 4.74 Å². The third-order valence-electron chi connectivity index (χ3n) is 4.21. The largest absolute Gasteiger partial charge is 0.496 e. The third-order valence-corrected chi connectivity index (χ3v) is 4.21. The lowest BCUT2D eigenvalue weighted by Gasteiger charge is -2.17. The molecule has 0 aliphatic carbocycles. The van der Waals surface area contributed by atoms with Gasteiger partial charge in [-0.2, -0.15) is 5.26 Å². The minimum Gasteiger partial charge on any atom is -0.496 e. The van der Waals surface area contributed by atoms with E-state index in [4.69, 9.17) is 4.74 Å². The molecular formula is C18H16F2N4O. The van der Waals surface area contributed by atoms with Gasteiger partial charge in [0, 0.05) is 11.8 Å². The first kappa shape index (κ1) is 16.8. The highest BCUT2D eigenvalue weighted by Gasteiger charge is 2.28. The van der Waals surface area contributed by atoms with E-state index in [2.05, 4.69) is 9.97 Å². The Balaban J connectivity index is 2.55. The van der Waals surface area contributed by atoms with Gasteiger partial charge < -0.3 is 4.74 Å². The lowest BCUT2D eigenvalue weighted by molar-refractivity contribution is 0.144. The molecule has 0 fully saturated rings. The van der Waals surface area contributed by atoms with Crippen molar-refractivity contribution in [1.29, 1.82) is 5.26 Å². The molecule has 2 aromatic heterocycles. The molecule has 0 N–H and O–H groups in total. The summed E-state index contributed by atoms with van der Waals surface area (Å²) in [7, 11) is 1.52. The van der Waals surface area contributed by atoms with E-state index in [9.17, 15) is 14.0 Å². The van der Waals surface area contributed by atoms with Crippen LogP contribution in [-0.4, -0.2) is 21.6 Å². The van der Waals surface area contributed by atoms with Crippen LogP contribution in [0.25, 0.3) is 16.7 Å². The fourth-order valence-electron chi connectivity index (χ4n) is 3.10. The number of nitriles is 1. The molecule has 0 unspecified atom stereocenters. The molecule has 7 heteroatoms. The van der Waals surface area contributed by atoms with Crippen molar-refractivity contribution in [3.05, 3.63) is 46.5 Å². The molecule has 0 spiro atoms. The summed E-state index contributed by atoms with van der Waals surface area (Å²) >= 11 is 0. The maximum Gasteiger partial charge on any atom is 0.280 e. The lowest BCUT2D eigenvalue weighted by atomic mass is 10.1. The van der Waals surface area contributed by atoms with E-state index < -0.39 is 6.43 Å². The second-order valence-electron chi connectivity index (χ2n) is 5.72. The summed E-state index contributed by atoms with van der Waals surface area (Å²) in [5, 5.41) is 9.77. The molecule has 2 heterocycles. The van der Waals surface area contributed by atoms with Crippen LogP contribution in [0.3, 0.4) is 0 Å². The van der Waals surface area contributed by atoms with E-state index in [0.717, 1.165) is 5.56 Å². The lowest BCUT2D eigenvalue weighted by Crippen LogP contribution is -2.08. The van der Waals surface area contributed by atoms with Gasteiger partial charge in [-0.25, -0.2) is 18.7 Å². The molecule has 0 amide bonds. The van der Waals surface area contributed by atoms with Crippen LogP contribution in [0.1, 0.15) is 34.6 Å². The maximum absolute atomic E-state index is 13.9. The molecular weight excluding hydrogens is 326 g/mol. The Morgan fingerprint density at radius 2 is 1.96 bits per heavy atom. The van der Waals surface area contributed by atoms with Crippen LogP contribution in [0.2, 0.25) is 0 Å². The summed E-state index contributed by atoms with van der Waals surface area (Å²) in [6.07, 6.45) is -1.42. The monoisotopic (exact) mass is 342 g/mol. The fourth-order valence-corrected chi connectivity index (χ4v) is 3.10. The molecule has 0 radical (unpaired) electrons. The van der Waals surface area contributed by atoms with E-state index >= 15 is 0 Å². The quantitative estimate of drug-likeness (QED) is 0.717. The van der Waals surface area contributed by atoms with Crippen molar-refractivity contribution in [3.63, 3.8) is 0 Å². The normalized spacial score (nSPS) is 11.1. The molecule has 128 valence electrons. The minimum absolute atomic E-state index is 0.105. The SMILES string of the molecule is COc1ccc(C)c(-n2c(C(F)F)c(C#N)c3cnc(C)nc32)c1C. The number of aryl methyl sites for hydroxylation is 2. The van der Waals surface area contributed by atoms with Gasteiger partial charge in [0.2, 0.25) is 0 Å². The van der Waals surface area contributed by atoms with Crippen molar-refractivity contribution < 1.29 is 13.5 Å². The molecule has 0 bridgehead atoms.